The lowest BCUT2D eigenvalue weighted by Crippen LogP contribution is -2.20. The topological polar surface area (TPSA) is 72.8 Å². The Bertz CT molecular complexity index is 331. The SMILES string of the molecule is COC(=O)C1C=CC(C(=O)OCCCCO)C=C1. The molecule has 0 aromatic rings. The first kappa shape index (κ1) is 14.4. The maximum Gasteiger partial charge on any atom is 0.316 e. The van der Waals surface area contributed by atoms with Crippen molar-refractivity contribution in [1.82, 2.24) is 0 Å². The van der Waals surface area contributed by atoms with Crippen molar-refractivity contribution in [1.29, 1.82) is 0 Å². The van der Waals surface area contributed by atoms with Crippen LogP contribution in [0.4, 0.5) is 0 Å². The van der Waals surface area contributed by atoms with Crippen LogP contribution in [0.5, 0.6) is 0 Å². The molecular formula is C13H18O5. The monoisotopic (exact) mass is 254 g/mol. The number of aliphatic hydroxyl groups excluding tert-OH is 1. The lowest BCUT2D eigenvalue weighted by Gasteiger charge is -2.14. The summed E-state index contributed by atoms with van der Waals surface area (Å²) in [4.78, 5) is 22.8. The second-order valence-electron chi connectivity index (χ2n) is 3.94. The van der Waals surface area contributed by atoms with Crippen molar-refractivity contribution in [3.05, 3.63) is 24.3 Å². The van der Waals surface area contributed by atoms with Crippen LogP contribution in [0, 0.1) is 11.8 Å². The van der Waals surface area contributed by atoms with Gasteiger partial charge in [-0.25, -0.2) is 0 Å². The summed E-state index contributed by atoms with van der Waals surface area (Å²) in [5.41, 5.74) is 0. The number of rotatable bonds is 6. The van der Waals surface area contributed by atoms with Crippen molar-refractivity contribution in [3.63, 3.8) is 0 Å². The van der Waals surface area contributed by atoms with Crippen LogP contribution in [0.25, 0.3) is 0 Å². The summed E-state index contributed by atoms with van der Waals surface area (Å²) >= 11 is 0. The van der Waals surface area contributed by atoms with Crippen molar-refractivity contribution < 1.29 is 24.2 Å². The number of ether oxygens (including phenoxy) is 2. The van der Waals surface area contributed by atoms with E-state index in [1.165, 1.54) is 7.11 Å². The molecule has 0 aromatic heterocycles. The van der Waals surface area contributed by atoms with Crippen molar-refractivity contribution in [2.75, 3.05) is 20.3 Å². The van der Waals surface area contributed by atoms with Crippen LogP contribution in [0.15, 0.2) is 24.3 Å². The molecule has 1 aliphatic rings. The van der Waals surface area contributed by atoms with Gasteiger partial charge in [-0.15, -0.1) is 0 Å². The van der Waals surface area contributed by atoms with E-state index in [1.54, 1.807) is 24.3 Å². The molecule has 0 aliphatic heterocycles. The van der Waals surface area contributed by atoms with Gasteiger partial charge in [-0.05, 0) is 12.8 Å². The summed E-state index contributed by atoms with van der Waals surface area (Å²) in [6.45, 7) is 0.402. The molecular weight excluding hydrogens is 236 g/mol. The van der Waals surface area contributed by atoms with Crippen LogP contribution in [-0.2, 0) is 19.1 Å². The molecule has 1 rings (SSSR count). The maximum atomic E-state index is 11.6. The number of unbranched alkanes of at least 4 members (excludes halogenated alkanes) is 1. The third kappa shape index (κ3) is 4.33. The minimum absolute atomic E-state index is 0.0988. The molecule has 5 heteroatoms. The molecule has 0 heterocycles. The molecule has 0 fully saturated rings. The Labute approximate surface area is 106 Å². The Morgan fingerprint density at radius 1 is 1.06 bits per heavy atom. The summed E-state index contributed by atoms with van der Waals surface area (Å²) < 4.78 is 9.63. The fraction of sp³-hybridized carbons (Fsp3) is 0.538. The molecule has 0 bridgehead atoms. The normalized spacial score (nSPS) is 21.7. The first-order valence-electron chi connectivity index (χ1n) is 5.91. The molecule has 0 aromatic carbocycles. The van der Waals surface area contributed by atoms with Crippen LogP contribution in [0.1, 0.15) is 12.8 Å². The van der Waals surface area contributed by atoms with E-state index >= 15 is 0 Å². The number of carbonyl (C=O) groups excluding carboxylic acids is 2. The quantitative estimate of drug-likeness (QED) is 0.432. The Balaban J connectivity index is 2.35. The van der Waals surface area contributed by atoms with Gasteiger partial charge < -0.3 is 14.6 Å². The molecule has 0 saturated heterocycles. The summed E-state index contributed by atoms with van der Waals surface area (Å²) in [6, 6.07) is 0. The third-order valence-electron chi connectivity index (χ3n) is 2.59. The highest BCUT2D eigenvalue weighted by molar-refractivity contribution is 5.80. The van der Waals surface area contributed by atoms with E-state index in [4.69, 9.17) is 9.84 Å². The van der Waals surface area contributed by atoms with E-state index in [1.807, 2.05) is 0 Å². The summed E-state index contributed by atoms with van der Waals surface area (Å²) in [5, 5.41) is 8.58. The average molecular weight is 254 g/mol. The van der Waals surface area contributed by atoms with Crippen LogP contribution in [0.2, 0.25) is 0 Å². The molecule has 100 valence electrons. The standard InChI is InChI=1S/C13H18O5/c1-17-12(15)10-4-6-11(7-5-10)13(16)18-9-3-2-8-14/h4-7,10-11,14H,2-3,8-9H2,1H3. The summed E-state index contributed by atoms with van der Waals surface area (Å²) in [7, 11) is 1.32. The van der Waals surface area contributed by atoms with E-state index in [-0.39, 0.29) is 18.5 Å². The van der Waals surface area contributed by atoms with Gasteiger partial charge in [0, 0.05) is 6.61 Å². The van der Waals surface area contributed by atoms with Gasteiger partial charge in [0.2, 0.25) is 0 Å². The Hall–Kier alpha value is -1.62. The van der Waals surface area contributed by atoms with E-state index in [0.29, 0.717) is 19.4 Å². The van der Waals surface area contributed by atoms with Gasteiger partial charge >= 0.3 is 11.9 Å². The predicted octanol–water partition coefficient (Wildman–Crippen LogP) is 0.833. The second-order valence-corrected chi connectivity index (χ2v) is 3.94. The Kier molecular flexibility index (Phi) is 6.14. The molecule has 0 amide bonds. The minimum atomic E-state index is -0.444. The smallest absolute Gasteiger partial charge is 0.316 e. The number of methoxy groups -OCH3 is 1. The third-order valence-corrected chi connectivity index (χ3v) is 2.59. The molecule has 0 spiro atoms. The molecule has 0 radical (unpaired) electrons. The lowest BCUT2D eigenvalue weighted by molar-refractivity contribution is -0.146. The first-order chi connectivity index (χ1) is 8.69. The molecule has 0 atom stereocenters. The van der Waals surface area contributed by atoms with Crippen LogP contribution in [-0.4, -0.2) is 37.4 Å². The lowest BCUT2D eigenvalue weighted by atomic mass is 9.96. The first-order valence-corrected chi connectivity index (χ1v) is 5.91. The van der Waals surface area contributed by atoms with E-state index in [2.05, 4.69) is 4.74 Å². The highest BCUT2D eigenvalue weighted by Gasteiger charge is 2.21. The van der Waals surface area contributed by atoms with E-state index in [9.17, 15) is 9.59 Å². The van der Waals surface area contributed by atoms with Gasteiger partial charge in [0.05, 0.1) is 25.6 Å². The van der Waals surface area contributed by atoms with Crippen LogP contribution < -0.4 is 0 Å². The number of esters is 2. The zero-order valence-electron chi connectivity index (χ0n) is 10.4. The van der Waals surface area contributed by atoms with Gasteiger partial charge in [0.25, 0.3) is 0 Å². The number of carbonyl (C=O) groups is 2. The van der Waals surface area contributed by atoms with Crippen LogP contribution >= 0.6 is 0 Å². The number of hydrogen-bond donors (Lipinski definition) is 1. The van der Waals surface area contributed by atoms with Crippen molar-refractivity contribution in [3.8, 4) is 0 Å². The molecule has 1 aliphatic carbocycles. The largest absolute Gasteiger partial charge is 0.468 e. The fourth-order valence-corrected chi connectivity index (χ4v) is 1.54. The van der Waals surface area contributed by atoms with E-state index < -0.39 is 11.8 Å². The average Bonchev–Trinajstić information content (AvgIpc) is 2.42. The zero-order chi connectivity index (χ0) is 13.4. The Morgan fingerprint density at radius 3 is 2.11 bits per heavy atom. The Morgan fingerprint density at radius 2 is 1.61 bits per heavy atom. The molecule has 18 heavy (non-hydrogen) atoms. The van der Waals surface area contributed by atoms with Gasteiger partial charge in [-0.1, -0.05) is 24.3 Å². The highest BCUT2D eigenvalue weighted by atomic mass is 16.5. The van der Waals surface area contributed by atoms with Crippen molar-refractivity contribution >= 4 is 11.9 Å². The van der Waals surface area contributed by atoms with Gasteiger partial charge in [0.15, 0.2) is 0 Å². The minimum Gasteiger partial charge on any atom is -0.468 e. The molecule has 1 N–H and O–H groups in total. The fourth-order valence-electron chi connectivity index (χ4n) is 1.54. The van der Waals surface area contributed by atoms with Crippen molar-refractivity contribution in [2.45, 2.75) is 12.8 Å². The van der Waals surface area contributed by atoms with Gasteiger partial charge in [0.1, 0.15) is 0 Å². The van der Waals surface area contributed by atoms with E-state index in [0.717, 1.165) is 0 Å². The van der Waals surface area contributed by atoms with Crippen molar-refractivity contribution in [2.24, 2.45) is 11.8 Å². The molecule has 0 unspecified atom stereocenters. The summed E-state index contributed by atoms with van der Waals surface area (Å²) in [6.07, 6.45) is 7.80. The summed E-state index contributed by atoms with van der Waals surface area (Å²) in [5.74, 6) is -1.56. The maximum absolute atomic E-state index is 11.6. The highest BCUT2D eigenvalue weighted by Crippen LogP contribution is 2.17. The zero-order valence-corrected chi connectivity index (χ0v) is 10.4. The second kappa shape index (κ2) is 7.66. The van der Waals surface area contributed by atoms with Gasteiger partial charge in [-0.2, -0.15) is 0 Å². The molecule has 5 nitrogen and oxygen atoms in total. The predicted molar refractivity (Wildman–Crippen MR) is 64.6 cm³/mol. The number of hydrogen-bond acceptors (Lipinski definition) is 5. The number of aliphatic hydroxyl groups is 1. The van der Waals surface area contributed by atoms with Gasteiger partial charge in [-0.3, -0.25) is 9.59 Å². The van der Waals surface area contributed by atoms with Crippen LogP contribution in [0.3, 0.4) is 0 Å². The molecule has 0 saturated carbocycles.